The molecule has 0 heterocycles. The number of aliphatic carboxylic acids is 1. The van der Waals surface area contributed by atoms with E-state index in [0.29, 0.717) is 19.3 Å². The third-order valence-corrected chi connectivity index (χ3v) is 5.19. The summed E-state index contributed by atoms with van der Waals surface area (Å²) < 4.78 is 22.8. The lowest BCUT2D eigenvalue weighted by Crippen LogP contribution is -2.18. The maximum absolute atomic E-state index is 11.4. The van der Waals surface area contributed by atoms with Crippen molar-refractivity contribution in [1.82, 2.24) is 0 Å². The van der Waals surface area contributed by atoms with Crippen LogP contribution in [-0.4, -0.2) is 31.0 Å². The second kappa shape index (κ2) is 7.43. The van der Waals surface area contributed by atoms with Gasteiger partial charge in [-0.05, 0) is 31.7 Å². The van der Waals surface area contributed by atoms with Crippen molar-refractivity contribution in [1.29, 1.82) is 0 Å². The Labute approximate surface area is 120 Å². The Morgan fingerprint density at radius 2 is 1.85 bits per heavy atom. The molecule has 0 saturated carbocycles. The fraction of sp³-hybridized carbons (Fsp3) is 0.533. The Morgan fingerprint density at radius 3 is 2.35 bits per heavy atom. The van der Waals surface area contributed by atoms with Crippen LogP contribution in [0.4, 0.5) is 0 Å². The number of carbonyl (C=O) groups is 1. The molecule has 0 aliphatic heterocycles. The van der Waals surface area contributed by atoms with Gasteiger partial charge in [0.2, 0.25) is 0 Å². The molecule has 0 aromatic heterocycles. The third-order valence-electron chi connectivity index (χ3n) is 3.40. The molecular weight excluding hydrogens is 276 g/mol. The summed E-state index contributed by atoms with van der Waals surface area (Å²) in [6.45, 7) is 3.59. The standard InChI is InChI=1S/C15H22O4S/c1-3-20(18,19)10-4-5-14(15(16)17)11-13-8-6-12(2)7-9-13/h6-9,14H,3-5,10-11H2,1-2H3,(H,16,17). The van der Waals surface area contributed by atoms with Gasteiger partial charge in [-0.25, -0.2) is 8.42 Å². The number of aryl methyl sites for hydroxylation is 1. The van der Waals surface area contributed by atoms with Crippen LogP contribution in [0.3, 0.4) is 0 Å². The van der Waals surface area contributed by atoms with Crippen molar-refractivity contribution in [2.75, 3.05) is 11.5 Å². The fourth-order valence-electron chi connectivity index (χ4n) is 2.02. The zero-order chi connectivity index (χ0) is 15.2. The number of hydrogen-bond donors (Lipinski definition) is 1. The molecule has 1 atom stereocenters. The van der Waals surface area contributed by atoms with E-state index in [0.717, 1.165) is 11.1 Å². The van der Waals surface area contributed by atoms with Crippen molar-refractivity contribution in [3.8, 4) is 0 Å². The second-order valence-electron chi connectivity index (χ2n) is 5.10. The summed E-state index contributed by atoms with van der Waals surface area (Å²) in [4.78, 5) is 11.2. The normalized spacial score (nSPS) is 13.1. The zero-order valence-corrected chi connectivity index (χ0v) is 12.8. The van der Waals surface area contributed by atoms with Crippen LogP contribution in [0.2, 0.25) is 0 Å². The van der Waals surface area contributed by atoms with E-state index in [1.165, 1.54) is 0 Å². The van der Waals surface area contributed by atoms with Gasteiger partial charge in [0.15, 0.2) is 0 Å². The van der Waals surface area contributed by atoms with E-state index in [4.69, 9.17) is 0 Å². The number of rotatable bonds is 8. The number of benzene rings is 1. The molecule has 112 valence electrons. The molecule has 0 aliphatic rings. The quantitative estimate of drug-likeness (QED) is 0.800. The van der Waals surface area contributed by atoms with Gasteiger partial charge in [-0.1, -0.05) is 36.8 Å². The Morgan fingerprint density at radius 1 is 1.25 bits per heavy atom. The van der Waals surface area contributed by atoms with Gasteiger partial charge in [0.05, 0.1) is 11.7 Å². The maximum atomic E-state index is 11.4. The minimum absolute atomic E-state index is 0.0706. The van der Waals surface area contributed by atoms with Gasteiger partial charge in [-0.2, -0.15) is 0 Å². The van der Waals surface area contributed by atoms with E-state index >= 15 is 0 Å². The molecule has 5 heteroatoms. The third kappa shape index (κ3) is 5.74. The van der Waals surface area contributed by atoms with Crippen LogP contribution in [-0.2, 0) is 21.1 Å². The van der Waals surface area contributed by atoms with E-state index in [2.05, 4.69) is 0 Å². The first kappa shape index (κ1) is 16.7. The Balaban J connectivity index is 2.57. The summed E-state index contributed by atoms with van der Waals surface area (Å²) in [6, 6.07) is 7.76. The summed E-state index contributed by atoms with van der Waals surface area (Å²) in [5, 5.41) is 9.23. The number of carboxylic acid groups (broad SMARTS) is 1. The molecular formula is C15H22O4S. The van der Waals surface area contributed by atoms with Crippen LogP contribution in [0.5, 0.6) is 0 Å². The van der Waals surface area contributed by atoms with Gasteiger partial charge in [0, 0.05) is 5.75 Å². The smallest absolute Gasteiger partial charge is 0.306 e. The predicted molar refractivity (Wildman–Crippen MR) is 79.6 cm³/mol. The summed E-state index contributed by atoms with van der Waals surface area (Å²) >= 11 is 0. The minimum atomic E-state index is -3.01. The van der Waals surface area contributed by atoms with E-state index in [-0.39, 0.29) is 11.5 Å². The molecule has 1 rings (SSSR count). The first-order valence-electron chi connectivity index (χ1n) is 6.83. The SMILES string of the molecule is CCS(=O)(=O)CCCC(Cc1ccc(C)cc1)C(=O)O. The summed E-state index contributed by atoms with van der Waals surface area (Å²) in [6.07, 6.45) is 1.24. The topological polar surface area (TPSA) is 71.4 Å². The summed E-state index contributed by atoms with van der Waals surface area (Å²) in [7, 11) is -3.01. The molecule has 0 bridgehead atoms. The van der Waals surface area contributed by atoms with Crippen LogP contribution in [0.1, 0.15) is 30.9 Å². The molecule has 0 saturated heterocycles. The van der Waals surface area contributed by atoms with Gasteiger partial charge in [0.1, 0.15) is 9.84 Å². The van der Waals surface area contributed by atoms with Crippen LogP contribution >= 0.6 is 0 Å². The Kier molecular flexibility index (Phi) is 6.20. The lowest BCUT2D eigenvalue weighted by molar-refractivity contribution is -0.141. The fourth-order valence-corrected chi connectivity index (χ4v) is 2.91. The van der Waals surface area contributed by atoms with Crippen LogP contribution in [0.25, 0.3) is 0 Å². The molecule has 0 spiro atoms. The highest BCUT2D eigenvalue weighted by atomic mass is 32.2. The van der Waals surface area contributed by atoms with Gasteiger partial charge in [0.25, 0.3) is 0 Å². The summed E-state index contributed by atoms with van der Waals surface area (Å²) in [5.74, 6) is -1.20. The van der Waals surface area contributed by atoms with Gasteiger partial charge in [-0.3, -0.25) is 4.79 Å². The maximum Gasteiger partial charge on any atom is 0.306 e. The predicted octanol–water partition coefficient (Wildman–Crippen LogP) is 2.45. The second-order valence-corrected chi connectivity index (χ2v) is 7.58. The van der Waals surface area contributed by atoms with Crippen molar-refractivity contribution >= 4 is 15.8 Å². The summed E-state index contributed by atoms with van der Waals surface area (Å²) in [5.41, 5.74) is 2.11. The number of hydrogen-bond acceptors (Lipinski definition) is 3. The zero-order valence-electron chi connectivity index (χ0n) is 12.0. The molecule has 0 fully saturated rings. The largest absolute Gasteiger partial charge is 0.481 e. The molecule has 4 nitrogen and oxygen atoms in total. The van der Waals surface area contributed by atoms with E-state index < -0.39 is 21.7 Å². The molecule has 1 aromatic rings. The lowest BCUT2D eigenvalue weighted by Gasteiger charge is -2.12. The minimum Gasteiger partial charge on any atom is -0.481 e. The Bertz CT molecular complexity index is 531. The molecule has 0 amide bonds. The average molecular weight is 298 g/mol. The first-order valence-corrected chi connectivity index (χ1v) is 8.65. The lowest BCUT2D eigenvalue weighted by atomic mass is 9.95. The van der Waals surface area contributed by atoms with Crippen molar-refractivity contribution in [2.24, 2.45) is 5.92 Å². The molecule has 0 radical (unpaired) electrons. The van der Waals surface area contributed by atoms with Gasteiger partial charge >= 0.3 is 5.97 Å². The van der Waals surface area contributed by atoms with Crippen LogP contribution < -0.4 is 0 Å². The first-order chi connectivity index (χ1) is 9.34. The highest BCUT2D eigenvalue weighted by Crippen LogP contribution is 2.16. The Hall–Kier alpha value is -1.36. The van der Waals surface area contributed by atoms with Crippen LogP contribution in [0.15, 0.2) is 24.3 Å². The molecule has 0 aliphatic carbocycles. The highest BCUT2D eigenvalue weighted by Gasteiger charge is 2.19. The molecule has 20 heavy (non-hydrogen) atoms. The highest BCUT2D eigenvalue weighted by molar-refractivity contribution is 7.91. The average Bonchev–Trinajstić information content (AvgIpc) is 2.39. The van der Waals surface area contributed by atoms with E-state index in [1.807, 2.05) is 31.2 Å². The number of sulfone groups is 1. The van der Waals surface area contributed by atoms with E-state index in [9.17, 15) is 18.3 Å². The van der Waals surface area contributed by atoms with Crippen molar-refractivity contribution < 1.29 is 18.3 Å². The molecule has 1 aromatic carbocycles. The number of carboxylic acids is 1. The van der Waals surface area contributed by atoms with Crippen LogP contribution in [0, 0.1) is 12.8 Å². The van der Waals surface area contributed by atoms with Crippen molar-refractivity contribution in [3.05, 3.63) is 35.4 Å². The van der Waals surface area contributed by atoms with Gasteiger partial charge in [-0.15, -0.1) is 0 Å². The molecule has 1 N–H and O–H groups in total. The van der Waals surface area contributed by atoms with E-state index in [1.54, 1.807) is 6.92 Å². The molecule has 1 unspecified atom stereocenters. The van der Waals surface area contributed by atoms with Crippen molar-refractivity contribution in [2.45, 2.75) is 33.1 Å². The van der Waals surface area contributed by atoms with Gasteiger partial charge < -0.3 is 5.11 Å². The van der Waals surface area contributed by atoms with Crippen molar-refractivity contribution in [3.63, 3.8) is 0 Å². The monoisotopic (exact) mass is 298 g/mol.